The first-order chi connectivity index (χ1) is 5.16. The average Bonchev–Trinajstić information content (AvgIpc) is 2.01. The molecule has 9 heavy (non-hydrogen) atoms. The second-order valence-electron chi connectivity index (χ2n) is 1.65. The van der Waals surface area contributed by atoms with Crippen LogP contribution in [0.2, 0.25) is 5.02 Å². The molecule has 0 radical (unpaired) electrons. The topological polar surface area (TPSA) is 26.0 Å². The summed E-state index contributed by atoms with van der Waals surface area (Å²) in [5.74, 6) is 0. The number of rotatable bonds is 1. The van der Waals surface area contributed by atoms with E-state index in [4.69, 9.17) is 20.1 Å². The first-order valence-corrected chi connectivity index (χ1v) is 2.99. The predicted octanol–water partition coefficient (Wildman–Crippen LogP) is 1.80. The molecule has 48 valence electrons. The third-order valence-electron chi connectivity index (χ3n) is 0.985. The number of halogens is 1. The van der Waals surface area contributed by atoms with Crippen molar-refractivity contribution in [3.05, 3.63) is 34.8 Å². The summed E-state index contributed by atoms with van der Waals surface area (Å²) < 4.78 is 14.6. The Morgan fingerprint density at radius 1 is 1.78 bits per heavy atom. The molecule has 0 spiro atoms. The minimum atomic E-state index is 0.168. The highest BCUT2D eigenvalue weighted by Gasteiger charge is 1.87. The molecule has 0 fully saturated rings. The molecule has 0 saturated carbocycles. The maximum Gasteiger partial charge on any atom is 0.0642 e. The molecule has 2 N–H and O–H groups in total. The molecule has 1 rings (SSSR count). The molecular formula is C7H8ClN. The van der Waals surface area contributed by atoms with Crippen molar-refractivity contribution in [2.75, 3.05) is 0 Å². The standard InChI is InChI=1S/C7H8ClN/c8-7-3-1-2-6(4-7)5-9/h1-4H,5,9H2/i3D,4D. The van der Waals surface area contributed by atoms with Gasteiger partial charge in [0.15, 0.2) is 0 Å². The van der Waals surface area contributed by atoms with Gasteiger partial charge in [-0.3, -0.25) is 0 Å². The molecule has 0 heterocycles. The Labute approximate surface area is 62.2 Å². The van der Waals surface area contributed by atoms with Crippen LogP contribution in [0.3, 0.4) is 0 Å². The van der Waals surface area contributed by atoms with Gasteiger partial charge in [0, 0.05) is 11.6 Å². The highest BCUT2D eigenvalue weighted by atomic mass is 35.5. The zero-order chi connectivity index (χ0) is 8.43. The van der Waals surface area contributed by atoms with Crippen molar-refractivity contribution in [3.8, 4) is 0 Å². The van der Waals surface area contributed by atoms with E-state index in [1.807, 2.05) is 0 Å². The maximum absolute atomic E-state index is 7.40. The van der Waals surface area contributed by atoms with Gasteiger partial charge in [-0.05, 0) is 17.6 Å². The van der Waals surface area contributed by atoms with E-state index in [2.05, 4.69) is 0 Å². The summed E-state index contributed by atoms with van der Waals surface area (Å²) in [7, 11) is 0. The van der Waals surface area contributed by atoms with Crippen LogP contribution in [0.5, 0.6) is 0 Å². The van der Waals surface area contributed by atoms with Crippen LogP contribution in [0.15, 0.2) is 24.2 Å². The highest BCUT2D eigenvalue weighted by Crippen LogP contribution is 2.09. The van der Waals surface area contributed by atoms with E-state index >= 15 is 0 Å². The van der Waals surface area contributed by atoms with Gasteiger partial charge in [0.25, 0.3) is 0 Å². The van der Waals surface area contributed by atoms with Gasteiger partial charge < -0.3 is 5.73 Å². The third-order valence-corrected chi connectivity index (χ3v) is 1.19. The van der Waals surface area contributed by atoms with Gasteiger partial charge in [-0.1, -0.05) is 23.7 Å². The van der Waals surface area contributed by atoms with Crippen LogP contribution in [0.4, 0.5) is 0 Å². The highest BCUT2D eigenvalue weighted by molar-refractivity contribution is 6.30. The lowest BCUT2D eigenvalue weighted by atomic mass is 10.2. The molecule has 0 aliphatic heterocycles. The average molecular weight is 144 g/mol. The molecule has 0 aliphatic rings. The molecule has 0 aliphatic carbocycles. The quantitative estimate of drug-likeness (QED) is 0.638. The molecule has 0 atom stereocenters. The van der Waals surface area contributed by atoms with Gasteiger partial charge in [-0.25, -0.2) is 0 Å². The van der Waals surface area contributed by atoms with E-state index in [9.17, 15) is 0 Å². The van der Waals surface area contributed by atoms with Crippen molar-refractivity contribution >= 4 is 11.6 Å². The number of hydrogen-bond acceptors (Lipinski definition) is 1. The molecule has 0 bridgehead atoms. The summed E-state index contributed by atoms with van der Waals surface area (Å²) in [6.07, 6.45) is 0. The smallest absolute Gasteiger partial charge is 0.0642 e. The fraction of sp³-hybridized carbons (Fsp3) is 0.143. The Morgan fingerprint density at radius 2 is 2.56 bits per heavy atom. The third kappa shape index (κ3) is 1.70. The molecule has 1 aromatic rings. The number of nitrogens with two attached hydrogens (primary N) is 1. The van der Waals surface area contributed by atoms with Crippen LogP contribution < -0.4 is 5.73 Å². The molecule has 2 heteroatoms. The number of hydrogen-bond donors (Lipinski definition) is 1. The second-order valence-corrected chi connectivity index (χ2v) is 2.02. The Morgan fingerprint density at radius 3 is 3.22 bits per heavy atom. The van der Waals surface area contributed by atoms with Crippen molar-refractivity contribution in [1.82, 2.24) is 0 Å². The van der Waals surface area contributed by atoms with Crippen molar-refractivity contribution in [3.63, 3.8) is 0 Å². The summed E-state index contributed by atoms with van der Waals surface area (Å²) in [5.41, 5.74) is 6.00. The molecule has 0 unspecified atom stereocenters. The van der Waals surface area contributed by atoms with E-state index < -0.39 is 0 Å². The summed E-state index contributed by atoms with van der Waals surface area (Å²) in [4.78, 5) is 0. The summed E-state index contributed by atoms with van der Waals surface area (Å²) in [6.45, 7) is 0.291. The minimum Gasteiger partial charge on any atom is -0.326 e. The van der Waals surface area contributed by atoms with E-state index in [1.165, 1.54) is 0 Å². The minimum absolute atomic E-state index is 0.168. The van der Waals surface area contributed by atoms with Gasteiger partial charge in [0.05, 0.1) is 2.74 Å². The zero-order valence-electron chi connectivity index (χ0n) is 6.82. The van der Waals surface area contributed by atoms with Gasteiger partial charge >= 0.3 is 0 Å². The maximum atomic E-state index is 7.40. The van der Waals surface area contributed by atoms with Crippen LogP contribution >= 0.6 is 11.6 Å². The van der Waals surface area contributed by atoms with E-state index in [-0.39, 0.29) is 17.1 Å². The molecule has 0 saturated heterocycles. The summed E-state index contributed by atoms with van der Waals surface area (Å²) in [6, 6.07) is 3.54. The van der Waals surface area contributed by atoms with Gasteiger partial charge in [0.2, 0.25) is 0 Å². The van der Waals surface area contributed by atoms with E-state index in [0.717, 1.165) is 0 Å². The van der Waals surface area contributed by atoms with E-state index in [1.54, 1.807) is 12.1 Å². The Kier molecular flexibility index (Phi) is 1.37. The van der Waals surface area contributed by atoms with Crippen LogP contribution in [-0.2, 0) is 6.54 Å². The van der Waals surface area contributed by atoms with Gasteiger partial charge in [0.1, 0.15) is 0 Å². The summed E-state index contributed by atoms with van der Waals surface area (Å²) >= 11 is 5.63. The second kappa shape index (κ2) is 2.85. The van der Waals surface area contributed by atoms with Crippen molar-refractivity contribution in [2.24, 2.45) is 5.73 Å². The van der Waals surface area contributed by atoms with Crippen molar-refractivity contribution < 1.29 is 2.74 Å². The lowest BCUT2D eigenvalue weighted by molar-refractivity contribution is 1.07. The lowest BCUT2D eigenvalue weighted by Gasteiger charge is -1.93. The van der Waals surface area contributed by atoms with Gasteiger partial charge in [-0.15, -0.1) is 0 Å². The molecule has 0 aromatic heterocycles. The fourth-order valence-corrected chi connectivity index (χ4v) is 0.738. The molecular weight excluding hydrogens is 134 g/mol. The number of benzene rings is 1. The monoisotopic (exact) mass is 143 g/mol. The Balaban J connectivity index is 3.25. The van der Waals surface area contributed by atoms with E-state index in [0.29, 0.717) is 12.1 Å². The molecule has 1 nitrogen and oxygen atoms in total. The van der Waals surface area contributed by atoms with Crippen LogP contribution in [-0.4, -0.2) is 0 Å². The lowest BCUT2D eigenvalue weighted by Crippen LogP contribution is -1.94. The SMILES string of the molecule is [2H]c1ccc(CN)c([2H])c1Cl. The summed E-state index contributed by atoms with van der Waals surface area (Å²) in [5, 5.41) is 0.174. The predicted molar refractivity (Wildman–Crippen MR) is 39.3 cm³/mol. The van der Waals surface area contributed by atoms with Crippen LogP contribution in [0.1, 0.15) is 8.30 Å². The first kappa shape index (κ1) is 4.31. The largest absolute Gasteiger partial charge is 0.326 e. The molecule has 0 amide bonds. The normalized spacial score (nSPS) is 12.7. The van der Waals surface area contributed by atoms with Gasteiger partial charge in [-0.2, -0.15) is 0 Å². The van der Waals surface area contributed by atoms with Crippen LogP contribution in [0.25, 0.3) is 0 Å². The van der Waals surface area contributed by atoms with Crippen molar-refractivity contribution in [2.45, 2.75) is 6.54 Å². The molecule has 1 aromatic carbocycles. The zero-order valence-corrected chi connectivity index (χ0v) is 5.57. The Hall–Kier alpha value is -0.530. The first-order valence-electron chi connectivity index (χ1n) is 3.61. The van der Waals surface area contributed by atoms with Crippen molar-refractivity contribution in [1.29, 1.82) is 0 Å². The Bertz CT molecular complexity index is 275. The van der Waals surface area contributed by atoms with Crippen LogP contribution in [0, 0.1) is 0 Å². The fourth-order valence-electron chi connectivity index (χ4n) is 0.553.